The predicted octanol–water partition coefficient (Wildman–Crippen LogP) is 5.74. The average molecular weight is 664 g/mol. The molecule has 252 valence electrons. The summed E-state index contributed by atoms with van der Waals surface area (Å²) in [5.41, 5.74) is -0.279. The van der Waals surface area contributed by atoms with Crippen molar-refractivity contribution in [3.8, 4) is 5.88 Å². The number of likely N-dealkylation sites (tertiary alicyclic amines) is 2. The number of ether oxygens (including phenoxy) is 1. The fourth-order valence-corrected chi connectivity index (χ4v) is 5.82. The van der Waals surface area contributed by atoms with Crippen LogP contribution in [-0.2, 0) is 6.18 Å². The largest absolute Gasteiger partial charge is 0.476 e. The Labute approximate surface area is 267 Å². The van der Waals surface area contributed by atoms with Gasteiger partial charge < -0.3 is 30.3 Å². The lowest BCUT2D eigenvalue weighted by Crippen LogP contribution is -2.46. The van der Waals surface area contributed by atoms with Gasteiger partial charge in [-0.15, -0.1) is 0 Å². The number of hydrogen-bond acceptors (Lipinski definition) is 7. The molecular weight excluding hydrogens is 629 g/mol. The molecule has 0 bridgehead atoms. The number of aromatic nitrogens is 3. The van der Waals surface area contributed by atoms with Crippen LogP contribution < -0.4 is 15.4 Å². The molecule has 0 saturated carbocycles. The first-order valence-electron chi connectivity index (χ1n) is 15.1. The molecule has 1 unspecified atom stereocenters. The number of piperidine rings is 2. The molecule has 16 heteroatoms. The number of benzene rings is 1. The Balaban J connectivity index is 1.34. The molecule has 1 aromatic carbocycles. The fourth-order valence-electron chi connectivity index (χ4n) is 5.82. The first kappa shape index (κ1) is 33.8. The van der Waals surface area contributed by atoms with Gasteiger partial charge in [0.1, 0.15) is 35.4 Å². The van der Waals surface area contributed by atoms with E-state index < -0.39 is 47.4 Å². The van der Waals surface area contributed by atoms with Crippen molar-refractivity contribution in [1.29, 1.82) is 0 Å². The number of carboxylic acid groups (broad SMARTS) is 1. The number of carbonyl (C=O) groups excluding carboxylic acids is 1. The zero-order valence-electron chi connectivity index (χ0n) is 25.4. The van der Waals surface area contributed by atoms with Crippen molar-refractivity contribution < 1.29 is 41.4 Å². The molecule has 2 saturated heterocycles. The lowest BCUT2D eigenvalue weighted by Gasteiger charge is -2.35. The van der Waals surface area contributed by atoms with Crippen LogP contribution in [0.15, 0.2) is 42.6 Å². The predicted molar refractivity (Wildman–Crippen MR) is 159 cm³/mol. The van der Waals surface area contributed by atoms with Crippen LogP contribution in [0.2, 0.25) is 0 Å². The van der Waals surface area contributed by atoms with Gasteiger partial charge in [-0.1, -0.05) is 12.1 Å². The quantitative estimate of drug-likeness (QED) is 0.260. The number of alkyl halides is 3. The Bertz CT molecular complexity index is 1560. The molecule has 3 aromatic rings. The number of hydrogen-bond donors (Lipinski definition) is 3. The van der Waals surface area contributed by atoms with Crippen molar-refractivity contribution in [3.05, 3.63) is 77.0 Å². The normalized spacial score (nSPS) is 17.0. The van der Waals surface area contributed by atoms with Crippen LogP contribution in [0.4, 0.5) is 37.2 Å². The fraction of sp³-hybridized carbons (Fsp3) is 0.452. The summed E-state index contributed by atoms with van der Waals surface area (Å²) in [5.74, 6) is -1.64. The van der Waals surface area contributed by atoms with E-state index in [2.05, 4.69) is 20.6 Å². The summed E-state index contributed by atoms with van der Waals surface area (Å²) in [4.78, 5) is 39.8. The van der Waals surface area contributed by atoms with E-state index in [0.29, 0.717) is 55.9 Å². The van der Waals surface area contributed by atoms with Crippen LogP contribution in [0.5, 0.6) is 5.88 Å². The highest BCUT2D eigenvalue weighted by atomic mass is 19.4. The maximum absolute atomic E-state index is 14.1. The molecule has 11 nitrogen and oxygen atoms in total. The third-order valence-electron chi connectivity index (χ3n) is 8.32. The maximum atomic E-state index is 14.1. The number of amides is 3. The Hall–Kier alpha value is -4.60. The zero-order chi connectivity index (χ0) is 33.7. The van der Waals surface area contributed by atoms with Gasteiger partial charge in [-0.25, -0.2) is 33.3 Å². The summed E-state index contributed by atoms with van der Waals surface area (Å²) in [6.07, 6.45) is -2.07. The molecule has 3 amide bonds. The summed E-state index contributed by atoms with van der Waals surface area (Å²) in [6, 6.07) is 5.33. The molecule has 4 heterocycles. The molecule has 5 rings (SSSR count). The van der Waals surface area contributed by atoms with E-state index in [1.54, 1.807) is 13.1 Å². The second kappa shape index (κ2) is 14.4. The van der Waals surface area contributed by atoms with Crippen molar-refractivity contribution in [2.45, 2.75) is 56.8 Å². The van der Waals surface area contributed by atoms with Crippen LogP contribution >= 0.6 is 0 Å². The van der Waals surface area contributed by atoms with Gasteiger partial charge in [-0.3, -0.25) is 0 Å². The van der Waals surface area contributed by atoms with Crippen LogP contribution in [0.1, 0.15) is 60.4 Å². The standard InChI is InChI=1S/C31H34F5N7O4/c1-18-37-16-21(27(38-18)19-8-12-42(13-9-19)29(44)41-28-22(32)4-2-5-23(28)33)24(39-20-10-14-43(15-11-20)30(45)46)17-47-26-7-3-6-25(40-26)31(34,35)36/h2-7,16,19-20,24,39H,8-15,17H2,1H3,(H,41,44)(H,45,46). The summed E-state index contributed by atoms with van der Waals surface area (Å²) in [5, 5.41) is 15.2. The average Bonchev–Trinajstić information content (AvgIpc) is 3.05. The lowest BCUT2D eigenvalue weighted by atomic mass is 9.88. The summed E-state index contributed by atoms with van der Waals surface area (Å²) in [7, 11) is 0. The van der Waals surface area contributed by atoms with Crippen LogP contribution in [0, 0.1) is 18.6 Å². The first-order chi connectivity index (χ1) is 22.4. The Morgan fingerprint density at radius 1 is 0.979 bits per heavy atom. The van der Waals surface area contributed by atoms with Gasteiger partial charge in [-0.05, 0) is 50.8 Å². The highest BCUT2D eigenvalue weighted by Gasteiger charge is 2.34. The highest BCUT2D eigenvalue weighted by Crippen LogP contribution is 2.34. The van der Waals surface area contributed by atoms with Gasteiger partial charge in [0.2, 0.25) is 5.88 Å². The molecule has 3 N–H and O–H groups in total. The molecule has 0 spiro atoms. The summed E-state index contributed by atoms with van der Waals surface area (Å²) < 4.78 is 73.9. The molecule has 1 atom stereocenters. The SMILES string of the molecule is Cc1ncc(C(COc2cccc(C(F)(F)F)n2)NC2CCN(C(=O)O)CC2)c(C2CCN(C(=O)Nc3c(F)cccc3F)CC2)n1. The third-order valence-corrected chi connectivity index (χ3v) is 8.32. The van der Waals surface area contributed by atoms with E-state index in [9.17, 15) is 36.6 Å². The minimum Gasteiger partial charge on any atom is -0.476 e. The number of rotatable bonds is 8. The van der Waals surface area contributed by atoms with E-state index in [1.807, 2.05) is 0 Å². The minimum absolute atomic E-state index is 0.123. The maximum Gasteiger partial charge on any atom is 0.433 e. The number of pyridine rings is 1. The van der Waals surface area contributed by atoms with Crippen molar-refractivity contribution in [1.82, 2.24) is 30.1 Å². The van der Waals surface area contributed by atoms with Gasteiger partial charge in [0.25, 0.3) is 0 Å². The number of aryl methyl sites for hydroxylation is 1. The number of anilines is 1. The van der Waals surface area contributed by atoms with Gasteiger partial charge in [0, 0.05) is 56.0 Å². The van der Waals surface area contributed by atoms with E-state index >= 15 is 0 Å². The number of para-hydroxylation sites is 1. The van der Waals surface area contributed by atoms with Gasteiger partial charge in [0.05, 0.1) is 11.7 Å². The molecule has 0 radical (unpaired) electrons. The third kappa shape index (κ3) is 8.41. The summed E-state index contributed by atoms with van der Waals surface area (Å²) in [6.45, 7) is 2.76. The number of nitrogens with one attached hydrogen (secondary N) is 2. The highest BCUT2D eigenvalue weighted by molar-refractivity contribution is 5.89. The Morgan fingerprint density at radius 3 is 2.26 bits per heavy atom. The molecule has 2 aliphatic heterocycles. The van der Waals surface area contributed by atoms with E-state index in [1.165, 1.54) is 28.0 Å². The van der Waals surface area contributed by atoms with Gasteiger partial charge >= 0.3 is 18.3 Å². The van der Waals surface area contributed by atoms with Crippen LogP contribution in [0.25, 0.3) is 0 Å². The zero-order valence-corrected chi connectivity index (χ0v) is 25.4. The first-order valence-corrected chi connectivity index (χ1v) is 15.1. The molecule has 47 heavy (non-hydrogen) atoms. The van der Waals surface area contributed by atoms with Crippen molar-refractivity contribution in [2.75, 3.05) is 38.1 Å². The number of halogens is 5. The Morgan fingerprint density at radius 2 is 1.62 bits per heavy atom. The van der Waals surface area contributed by atoms with Crippen LogP contribution in [0.3, 0.4) is 0 Å². The topological polar surface area (TPSA) is 133 Å². The second-order valence-electron chi connectivity index (χ2n) is 11.5. The van der Waals surface area contributed by atoms with Gasteiger partial charge in [0.15, 0.2) is 0 Å². The second-order valence-corrected chi connectivity index (χ2v) is 11.5. The molecule has 2 fully saturated rings. The smallest absolute Gasteiger partial charge is 0.433 e. The number of urea groups is 1. The summed E-state index contributed by atoms with van der Waals surface area (Å²) >= 11 is 0. The Kier molecular flexibility index (Phi) is 10.4. The molecule has 2 aromatic heterocycles. The number of carbonyl (C=O) groups is 2. The van der Waals surface area contributed by atoms with E-state index in [-0.39, 0.29) is 37.5 Å². The number of nitrogens with zero attached hydrogens (tertiary/aromatic N) is 5. The van der Waals surface area contributed by atoms with E-state index in [0.717, 1.165) is 18.2 Å². The molecule has 2 aliphatic rings. The molecule has 0 aliphatic carbocycles. The lowest BCUT2D eigenvalue weighted by molar-refractivity contribution is -0.141. The van der Waals surface area contributed by atoms with Crippen LogP contribution in [-0.4, -0.2) is 80.8 Å². The van der Waals surface area contributed by atoms with E-state index in [4.69, 9.17) is 9.72 Å². The monoisotopic (exact) mass is 663 g/mol. The molecular formula is C31H34F5N7O4. The van der Waals surface area contributed by atoms with Crippen molar-refractivity contribution >= 4 is 17.8 Å². The van der Waals surface area contributed by atoms with Crippen molar-refractivity contribution in [2.24, 2.45) is 0 Å². The van der Waals surface area contributed by atoms with Crippen molar-refractivity contribution in [3.63, 3.8) is 0 Å². The van der Waals surface area contributed by atoms with Gasteiger partial charge in [-0.2, -0.15) is 13.2 Å². The minimum atomic E-state index is -4.65.